The fourth-order valence-electron chi connectivity index (χ4n) is 1.46. The first-order valence-corrected chi connectivity index (χ1v) is 5.58. The maximum atomic E-state index is 10.6. The summed E-state index contributed by atoms with van der Waals surface area (Å²) in [6.07, 6.45) is 1.64. The smallest absolute Gasteiger partial charge is 0.303 e. The second-order valence-corrected chi connectivity index (χ2v) is 3.80. The molecule has 17 heavy (non-hydrogen) atoms. The van der Waals surface area contributed by atoms with Gasteiger partial charge in [0.1, 0.15) is 5.54 Å². The average Bonchev–Trinajstić information content (AvgIpc) is 2.35. The van der Waals surface area contributed by atoms with Gasteiger partial charge in [0.15, 0.2) is 0 Å². The fraction of sp³-hybridized carbons (Fsp3) is 0.400. The summed E-state index contributed by atoms with van der Waals surface area (Å²) in [6.45, 7) is 0. The molecule has 0 spiro atoms. The van der Waals surface area contributed by atoms with E-state index in [4.69, 9.17) is 10.6 Å². The van der Waals surface area contributed by atoms with Crippen molar-refractivity contribution in [3.8, 4) is 0 Å². The molecule has 0 aliphatic heterocycles. The van der Waals surface area contributed by atoms with Crippen molar-refractivity contribution in [1.82, 2.24) is 4.98 Å². The number of rotatable bonds is 6. The van der Waals surface area contributed by atoms with Gasteiger partial charge in [-0.1, -0.05) is 11.2 Å². The van der Waals surface area contributed by atoms with Crippen LogP contribution in [0, 0.1) is 0 Å². The van der Waals surface area contributed by atoms with Crippen LogP contribution in [0.5, 0.6) is 0 Å². The summed E-state index contributed by atoms with van der Waals surface area (Å²) in [6, 6.07) is 5.20. The number of aromatic nitrogens is 1. The highest BCUT2D eigenvalue weighted by atomic mass is 32.1. The number of hydrogen-bond donors (Lipinski definition) is 2. The van der Waals surface area contributed by atoms with Crippen molar-refractivity contribution >= 4 is 18.6 Å². The highest BCUT2D eigenvalue weighted by Gasteiger charge is 2.31. The first-order chi connectivity index (χ1) is 8.14. The summed E-state index contributed by atoms with van der Waals surface area (Å²) in [5.41, 5.74) is 8.14. The molecule has 0 saturated heterocycles. The lowest BCUT2D eigenvalue weighted by atomic mass is 9.92. The number of carboxylic acids is 1. The van der Waals surface area contributed by atoms with E-state index in [2.05, 4.69) is 27.6 Å². The molecule has 0 radical (unpaired) electrons. The third kappa shape index (κ3) is 3.37. The number of carboxylic acid groups (broad SMARTS) is 1. The molecule has 90 valence electrons. The predicted molar refractivity (Wildman–Crippen MR) is 65.8 cm³/mol. The van der Waals surface area contributed by atoms with Gasteiger partial charge in [-0.3, -0.25) is 9.78 Å². The van der Waals surface area contributed by atoms with Crippen LogP contribution >= 0.6 is 12.6 Å². The van der Waals surface area contributed by atoms with Gasteiger partial charge in [-0.05, 0) is 24.1 Å². The highest BCUT2D eigenvalue weighted by molar-refractivity contribution is 7.80. The Morgan fingerprint density at radius 3 is 2.88 bits per heavy atom. The van der Waals surface area contributed by atoms with Gasteiger partial charge in [-0.2, -0.15) is 12.6 Å². The molecule has 1 N–H and O–H groups in total. The van der Waals surface area contributed by atoms with Crippen molar-refractivity contribution in [1.29, 1.82) is 0 Å². The molecule has 1 atom stereocenters. The van der Waals surface area contributed by atoms with Crippen molar-refractivity contribution < 1.29 is 9.90 Å². The van der Waals surface area contributed by atoms with Gasteiger partial charge in [0.05, 0.1) is 5.69 Å². The van der Waals surface area contributed by atoms with Crippen LogP contribution in [0.4, 0.5) is 0 Å². The van der Waals surface area contributed by atoms with Crippen LogP contribution in [0.3, 0.4) is 0 Å². The minimum Gasteiger partial charge on any atom is -0.481 e. The molecule has 1 heterocycles. The highest BCUT2D eigenvalue weighted by Crippen LogP contribution is 2.31. The van der Waals surface area contributed by atoms with Gasteiger partial charge >= 0.3 is 5.97 Å². The Balaban J connectivity index is 3.08. The number of azide groups is 1. The fourth-order valence-corrected chi connectivity index (χ4v) is 1.84. The van der Waals surface area contributed by atoms with Crippen molar-refractivity contribution in [3.63, 3.8) is 0 Å². The van der Waals surface area contributed by atoms with Crippen LogP contribution in [0.2, 0.25) is 0 Å². The lowest BCUT2D eigenvalue weighted by Crippen LogP contribution is -2.27. The first kappa shape index (κ1) is 13.3. The lowest BCUT2D eigenvalue weighted by Gasteiger charge is -2.25. The average molecular weight is 252 g/mol. The van der Waals surface area contributed by atoms with E-state index in [1.165, 1.54) is 0 Å². The number of aliphatic carboxylic acids is 1. The zero-order valence-electron chi connectivity index (χ0n) is 9.02. The quantitative estimate of drug-likeness (QED) is 0.352. The zero-order chi connectivity index (χ0) is 12.7. The van der Waals surface area contributed by atoms with E-state index >= 15 is 0 Å². The third-order valence-corrected chi connectivity index (χ3v) is 2.91. The van der Waals surface area contributed by atoms with Gasteiger partial charge in [-0.15, -0.1) is 0 Å². The minimum atomic E-state index is -1.00. The van der Waals surface area contributed by atoms with Crippen LogP contribution in [-0.4, -0.2) is 21.8 Å². The molecule has 0 amide bonds. The number of nitrogens with zero attached hydrogens (tertiary/aromatic N) is 4. The number of thiol groups is 1. The largest absolute Gasteiger partial charge is 0.481 e. The predicted octanol–water partition coefficient (Wildman–Crippen LogP) is 2.38. The molecule has 0 fully saturated rings. The summed E-state index contributed by atoms with van der Waals surface area (Å²) in [7, 11) is 0. The second-order valence-electron chi connectivity index (χ2n) is 3.49. The van der Waals surface area contributed by atoms with Crippen LogP contribution in [0.15, 0.2) is 29.5 Å². The van der Waals surface area contributed by atoms with Gasteiger partial charge in [0.25, 0.3) is 0 Å². The van der Waals surface area contributed by atoms with Gasteiger partial charge in [0.2, 0.25) is 0 Å². The maximum Gasteiger partial charge on any atom is 0.303 e. The molecule has 1 rings (SSSR count). The van der Waals surface area contributed by atoms with Crippen molar-refractivity contribution in [3.05, 3.63) is 40.5 Å². The monoisotopic (exact) mass is 252 g/mol. The number of pyridine rings is 1. The standard InChI is InChI=1S/C10H12N4O2S/c11-14-13-10(7-17,5-4-9(15)16)8-3-1-2-6-12-8/h1-3,6,17H,4-5,7H2,(H,15,16). The van der Waals surface area contributed by atoms with Crippen LogP contribution < -0.4 is 0 Å². The van der Waals surface area contributed by atoms with Gasteiger partial charge < -0.3 is 5.11 Å². The van der Waals surface area contributed by atoms with Crippen LogP contribution in [0.25, 0.3) is 10.4 Å². The lowest BCUT2D eigenvalue weighted by molar-refractivity contribution is -0.137. The van der Waals surface area contributed by atoms with E-state index in [9.17, 15) is 4.79 Å². The SMILES string of the molecule is [N-]=[N+]=NC(CS)(CCC(=O)O)c1ccccn1. The summed E-state index contributed by atoms with van der Waals surface area (Å²) in [4.78, 5) is 17.5. The molecule has 0 saturated carbocycles. The van der Waals surface area contributed by atoms with E-state index in [-0.39, 0.29) is 18.6 Å². The molecule has 7 heteroatoms. The Labute approximate surface area is 104 Å². The number of carbonyl (C=O) groups is 1. The molecule has 0 aromatic carbocycles. The Kier molecular flexibility index (Phi) is 4.81. The molecule has 1 aromatic rings. The summed E-state index contributed by atoms with van der Waals surface area (Å²) >= 11 is 4.15. The van der Waals surface area contributed by atoms with Crippen molar-refractivity contribution in [2.75, 3.05) is 5.75 Å². The van der Waals surface area contributed by atoms with Crippen molar-refractivity contribution in [2.24, 2.45) is 5.11 Å². The molecule has 0 aliphatic rings. The zero-order valence-corrected chi connectivity index (χ0v) is 9.92. The van der Waals surface area contributed by atoms with E-state index in [0.29, 0.717) is 5.69 Å². The number of hydrogen-bond acceptors (Lipinski definition) is 4. The van der Waals surface area contributed by atoms with Crippen molar-refractivity contribution in [2.45, 2.75) is 18.4 Å². The topological polar surface area (TPSA) is 99.0 Å². The Morgan fingerprint density at radius 1 is 1.65 bits per heavy atom. The van der Waals surface area contributed by atoms with Gasteiger partial charge in [-0.25, -0.2) is 0 Å². The normalized spacial score (nSPS) is 13.5. The molecular weight excluding hydrogens is 240 g/mol. The van der Waals surface area contributed by atoms with Gasteiger partial charge in [0, 0.05) is 23.3 Å². The molecule has 6 nitrogen and oxygen atoms in total. The minimum absolute atomic E-state index is 0.101. The maximum absolute atomic E-state index is 10.6. The van der Waals surface area contributed by atoms with E-state index < -0.39 is 11.5 Å². The molecular formula is C10H12N4O2S. The van der Waals surface area contributed by atoms with E-state index in [1.807, 2.05) is 0 Å². The molecule has 1 aromatic heterocycles. The van der Waals surface area contributed by atoms with Crippen LogP contribution in [0.1, 0.15) is 18.5 Å². The molecule has 0 aliphatic carbocycles. The van der Waals surface area contributed by atoms with Crippen LogP contribution in [-0.2, 0) is 10.3 Å². The Bertz CT molecular complexity index is 433. The second kappa shape index (κ2) is 6.12. The summed E-state index contributed by atoms with van der Waals surface area (Å²) < 4.78 is 0. The molecule has 0 bridgehead atoms. The molecule has 1 unspecified atom stereocenters. The van der Waals surface area contributed by atoms with E-state index in [0.717, 1.165) is 0 Å². The summed E-state index contributed by atoms with van der Waals surface area (Å²) in [5.74, 6) is -0.735. The van der Waals surface area contributed by atoms with E-state index in [1.54, 1.807) is 24.4 Å². The Hall–Kier alpha value is -1.72. The Morgan fingerprint density at radius 2 is 2.41 bits per heavy atom. The first-order valence-electron chi connectivity index (χ1n) is 4.95. The summed E-state index contributed by atoms with van der Waals surface area (Å²) in [5, 5.41) is 12.4. The third-order valence-electron chi connectivity index (χ3n) is 2.39.